The molecule has 6 heteroatoms. The fourth-order valence-electron chi connectivity index (χ4n) is 5.68. The van der Waals surface area contributed by atoms with Crippen molar-refractivity contribution in [3.8, 4) is 0 Å². The summed E-state index contributed by atoms with van der Waals surface area (Å²) in [5.41, 5.74) is 4.61. The molecule has 2 amide bonds. The van der Waals surface area contributed by atoms with E-state index < -0.39 is 0 Å². The number of anilines is 1. The summed E-state index contributed by atoms with van der Waals surface area (Å²) >= 11 is 0. The molecule has 0 bridgehead atoms. The van der Waals surface area contributed by atoms with Gasteiger partial charge in [-0.25, -0.2) is 0 Å². The lowest BCUT2D eigenvalue weighted by Gasteiger charge is -2.32. The maximum absolute atomic E-state index is 13.5. The fraction of sp³-hybridized carbons (Fsp3) is 0.500. The Kier molecular flexibility index (Phi) is 7.26. The second kappa shape index (κ2) is 10.7. The average Bonchev–Trinajstić information content (AvgIpc) is 3.32. The number of nitrogens with one attached hydrogen (secondary N) is 1. The SMILES string of the molecule is O=C(NCc1cccc(CN2CCOCC2)c1)C1CCCCC1C(=O)N1CCc2ccccc21. The molecule has 2 unspecified atom stereocenters. The Hall–Kier alpha value is -2.70. The molecule has 0 aromatic heterocycles. The summed E-state index contributed by atoms with van der Waals surface area (Å²) in [6, 6.07) is 16.6. The highest BCUT2D eigenvalue weighted by Crippen LogP contribution is 2.36. The van der Waals surface area contributed by atoms with Crippen LogP contribution in [0.3, 0.4) is 0 Å². The van der Waals surface area contributed by atoms with Crippen LogP contribution in [-0.2, 0) is 33.8 Å². The van der Waals surface area contributed by atoms with E-state index in [0.717, 1.165) is 82.7 Å². The molecule has 2 heterocycles. The van der Waals surface area contributed by atoms with Crippen molar-refractivity contribution in [2.24, 2.45) is 11.8 Å². The Morgan fingerprint density at radius 2 is 1.68 bits per heavy atom. The fourth-order valence-corrected chi connectivity index (χ4v) is 5.68. The van der Waals surface area contributed by atoms with Gasteiger partial charge in [0, 0.05) is 44.3 Å². The summed E-state index contributed by atoms with van der Waals surface area (Å²) in [5.74, 6) is -0.334. The topological polar surface area (TPSA) is 61.9 Å². The van der Waals surface area contributed by atoms with E-state index in [1.54, 1.807) is 0 Å². The number of carbonyl (C=O) groups excluding carboxylic acids is 2. The molecule has 1 saturated heterocycles. The largest absolute Gasteiger partial charge is 0.379 e. The summed E-state index contributed by atoms with van der Waals surface area (Å²) in [5, 5.41) is 3.15. The molecule has 2 aromatic rings. The minimum absolute atomic E-state index is 0.0177. The number of hydrogen-bond donors (Lipinski definition) is 1. The van der Waals surface area contributed by atoms with Gasteiger partial charge >= 0.3 is 0 Å². The number of ether oxygens (including phenoxy) is 1. The number of rotatable bonds is 6. The molecule has 2 fully saturated rings. The third kappa shape index (κ3) is 5.18. The van der Waals surface area contributed by atoms with Crippen LogP contribution in [0, 0.1) is 11.8 Å². The number of carbonyl (C=O) groups is 2. The highest BCUT2D eigenvalue weighted by atomic mass is 16.5. The Morgan fingerprint density at radius 3 is 2.53 bits per heavy atom. The number of para-hydroxylation sites is 1. The van der Waals surface area contributed by atoms with Gasteiger partial charge in [-0.1, -0.05) is 55.3 Å². The number of fused-ring (bicyclic) bond motifs is 1. The summed E-state index contributed by atoms with van der Waals surface area (Å²) in [4.78, 5) is 31.1. The van der Waals surface area contributed by atoms with Crippen LogP contribution in [0.25, 0.3) is 0 Å². The molecule has 1 N–H and O–H groups in total. The van der Waals surface area contributed by atoms with Gasteiger partial charge in [0.25, 0.3) is 0 Å². The monoisotopic (exact) mass is 461 g/mol. The van der Waals surface area contributed by atoms with Crippen LogP contribution >= 0.6 is 0 Å². The van der Waals surface area contributed by atoms with Crippen molar-refractivity contribution < 1.29 is 14.3 Å². The lowest BCUT2D eigenvalue weighted by Crippen LogP contribution is -2.45. The third-order valence-electron chi connectivity index (χ3n) is 7.54. The Bertz CT molecular complexity index is 1020. The van der Waals surface area contributed by atoms with Gasteiger partial charge in [-0.05, 0) is 42.0 Å². The predicted octanol–water partition coefficient (Wildman–Crippen LogP) is 3.53. The Morgan fingerprint density at radius 1 is 0.912 bits per heavy atom. The molecular formula is C28H35N3O3. The van der Waals surface area contributed by atoms with Gasteiger partial charge in [0.15, 0.2) is 0 Å². The smallest absolute Gasteiger partial charge is 0.230 e. The van der Waals surface area contributed by atoms with Crippen LogP contribution in [-0.4, -0.2) is 49.6 Å². The van der Waals surface area contributed by atoms with Crippen LogP contribution in [0.5, 0.6) is 0 Å². The Balaban J connectivity index is 1.21. The molecule has 1 saturated carbocycles. The quantitative estimate of drug-likeness (QED) is 0.715. The first-order chi connectivity index (χ1) is 16.7. The first-order valence-electron chi connectivity index (χ1n) is 12.7. The van der Waals surface area contributed by atoms with Gasteiger partial charge in [0.05, 0.1) is 19.1 Å². The molecule has 3 aliphatic rings. The van der Waals surface area contributed by atoms with Gasteiger partial charge in [0.1, 0.15) is 0 Å². The van der Waals surface area contributed by atoms with Crippen LogP contribution in [0.2, 0.25) is 0 Å². The standard InChI is InChI=1S/C28H35N3O3/c32-27(29-19-21-6-5-7-22(18-21)20-30-14-16-34-17-15-30)24-9-2-3-10-25(24)28(33)31-13-12-23-8-1-4-11-26(23)31/h1,4-8,11,18,24-25H,2-3,9-10,12-17,19-20H2,(H,29,32). The van der Waals surface area contributed by atoms with Crippen molar-refractivity contribution in [3.05, 3.63) is 65.2 Å². The van der Waals surface area contributed by atoms with Crippen molar-refractivity contribution in [1.29, 1.82) is 0 Å². The average molecular weight is 462 g/mol. The molecule has 2 atom stereocenters. The van der Waals surface area contributed by atoms with Crippen LogP contribution < -0.4 is 10.2 Å². The van der Waals surface area contributed by atoms with Gasteiger partial charge in [-0.15, -0.1) is 0 Å². The second-order valence-corrected chi connectivity index (χ2v) is 9.79. The summed E-state index contributed by atoms with van der Waals surface area (Å²) < 4.78 is 5.44. The lowest BCUT2D eigenvalue weighted by atomic mass is 9.77. The zero-order chi connectivity index (χ0) is 23.3. The number of amides is 2. The number of morpholine rings is 1. The van der Waals surface area contributed by atoms with E-state index in [1.807, 2.05) is 23.1 Å². The van der Waals surface area contributed by atoms with Gasteiger partial charge in [-0.3, -0.25) is 14.5 Å². The van der Waals surface area contributed by atoms with E-state index in [0.29, 0.717) is 6.54 Å². The first kappa shape index (κ1) is 23.1. The maximum atomic E-state index is 13.5. The van der Waals surface area contributed by atoms with Crippen molar-refractivity contribution in [3.63, 3.8) is 0 Å². The summed E-state index contributed by atoms with van der Waals surface area (Å²) in [6.07, 6.45) is 4.50. The molecule has 6 nitrogen and oxygen atoms in total. The molecule has 1 aliphatic carbocycles. The minimum atomic E-state index is -0.245. The van der Waals surface area contributed by atoms with Crippen molar-refractivity contribution >= 4 is 17.5 Å². The van der Waals surface area contributed by atoms with E-state index in [9.17, 15) is 9.59 Å². The number of nitrogens with zero attached hydrogens (tertiary/aromatic N) is 2. The summed E-state index contributed by atoms with van der Waals surface area (Å²) in [7, 11) is 0. The third-order valence-corrected chi connectivity index (χ3v) is 7.54. The van der Waals surface area contributed by atoms with Crippen LogP contribution in [0.1, 0.15) is 42.4 Å². The van der Waals surface area contributed by atoms with E-state index in [1.165, 1.54) is 11.1 Å². The molecule has 5 rings (SSSR count). The molecule has 2 aromatic carbocycles. The molecule has 180 valence electrons. The first-order valence-corrected chi connectivity index (χ1v) is 12.7. The maximum Gasteiger partial charge on any atom is 0.230 e. The van der Waals surface area contributed by atoms with E-state index in [4.69, 9.17) is 4.74 Å². The van der Waals surface area contributed by atoms with Crippen molar-refractivity contribution in [1.82, 2.24) is 10.2 Å². The van der Waals surface area contributed by atoms with Crippen LogP contribution in [0.4, 0.5) is 5.69 Å². The van der Waals surface area contributed by atoms with Crippen LogP contribution in [0.15, 0.2) is 48.5 Å². The van der Waals surface area contributed by atoms with Crippen molar-refractivity contribution in [2.45, 2.75) is 45.2 Å². The molecular weight excluding hydrogens is 426 g/mol. The van der Waals surface area contributed by atoms with E-state index >= 15 is 0 Å². The van der Waals surface area contributed by atoms with E-state index in [-0.39, 0.29) is 23.7 Å². The highest BCUT2D eigenvalue weighted by molar-refractivity contribution is 5.99. The highest BCUT2D eigenvalue weighted by Gasteiger charge is 2.39. The molecule has 34 heavy (non-hydrogen) atoms. The zero-order valence-corrected chi connectivity index (χ0v) is 19.9. The lowest BCUT2D eigenvalue weighted by molar-refractivity contribution is -0.135. The predicted molar refractivity (Wildman–Crippen MR) is 132 cm³/mol. The minimum Gasteiger partial charge on any atom is -0.379 e. The summed E-state index contributed by atoms with van der Waals surface area (Å²) in [6.45, 7) is 5.62. The van der Waals surface area contributed by atoms with Crippen molar-refractivity contribution in [2.75, 3.05) is 37.7 Å². The van der Waals surface area contributed by atoms with E-state index in [2.05, 4.69) is 40.5 Å². The number of hydrogen-bond acceptors (Lipinski definition) is 4. The molecule has 0 radical (unpaired) electrons. The second-order valence-electron chi connectivity index (χ2n) is 9.79. The Labute approximate surface area is 202 Å². The normalized spacial score (nSPS) is 22.9. The zero-order valence-electron chi connectivity index (χ0n) is 19.9. The molecule has 0 spiro atoms. The van der Waals surface area contributed by atoms with Gasteiger partial charge < -0.3 is 15.0 Å². The molecule has 2 aliphatic heterocycles. The van der Waals surface area contributed by atoms with Gasteiger partial charge in [-0.2, -0.15) is 0 Å². The van der Waals surface area contributed by atoms with Gasteiger partial charge in [0.2, 0.25) is 11.8 Å². The number of benzene rings is 2.